The van der Waals surface area contributed by atoms with Crippen molar-refractivity contribution in [2.75, 3.05) is 0 Å². The molecule has 0 saturated carbocycles. The number of hydrogen-bond acceptors (Lipinski definition) is 1. The van der Waals surface area contributed by atoms with Gasteiger partial charge in [-0.1, -0.05) is 36.4 Å². The Kier molecular flexibility index (Phi) is 3.00. The molecule has 0 radical (unpaired) electrons. The molecule has 0 aromatic heterocycles. The average Bonchev–Trinajstić information content (AvgIpc) is 2.68. The van der Waals surface area contributed by atoms with Crippen LogP contribution in [-0.2, 0) is 4.74 Å². The van der Waals surface area contributed by atoms with Gasteiger partial charge in [-0.05, 0) is 24.8 Å². The minimum absolute atomic E-state index is 0.307. The predicted molar refractivity (Wildman–Crippen MR) is 58.1 cm³/mol. The van der Waals surface area contributed by atoms with Crippen LogP contribution in [0.1, 0.15) is 30.9 Å². The van der Waals surface area contributed by atoms with Gasteiger partial charge in [-0.3, -0.25) is 0 Å². The lowest BCUT2D eigenvalue weighted by Crippen LogP contribution is -2.04. The highest BCUT2D eigenvalue weighted by atomic mass is 16.5. The molecule has 0 amide bonds. The molecule has 14 heavy (non-hydrogen) atoms. The zero-order valence-electron chi connectivity index (χ0n) is 8.36. The van der Waals surface area contributed by atoms with Crippen LogP contribution in [-0.4, -0.2) is 6.10 Å². The lowest BCUT2D eigenvalue weighted by molar-refractivity contribution is 0.0466. The van der Waals surface area contributed by atoms with Crippen LogP contribution < -0.4 is 0 Å². The molecule has 1 nitrogen and oxygen atoms in total. The summed E-state index contributed by atoms with van der Waals surface area (Å²) in [5.41, 5.74) is 1.30. The molecule has 1 fully saturated rings. The van der Waals surface area contributed by atoms with Gasteiger partial charge < -0.3 is 4.74 Å². The Morgan fingerprint density at radius 3 is 2.79 bits per heavy atom. The summed E-state index contributed by atoms with van der Waals surface area (Å²) >= 11 is 0. The molecule has 0 spiro atoms. The number of rotatable bonds is 3. The minimum Gasteiger partial charge on any atom is -0.370 e. The quantitative estimate of drug-likeness (QED) is 0.660. The molecule has 1 aromatic rings. The van der Waals surface area contributed by atoms with E-state index in [1.54, 1.807) is 0 Å². The van der Waals surface area contributed by atoms with Crippen molar-refractivity contribution >= 4 is 0 Å². The molecule has 0 bridgehead atoms. The molecule has 1 heteroatoms. The molecular formula is C13H16O. The molecule has 2 rings (SSSR count). The molecule has 1 aromatic carbocycles. The molecule has 1 heterocycles. The third-order valence-corrected chi connectivity index (χ3v) is 2.71. The van der Waals surface area contributed by atoms with Crippen LogP contribution in [0.2, 0.25) is 0 Å². The van der Waals surface area contributed by atoms with Gasteiger partial charge in [0.1, 0.15) is 0 Å². The van der Waals surface area contributed by atoms with Crippen molar-refractivity contribution in [2.45, 2.75) is 31.5 Å². The van der Waals surface area contributed by atoms with Crippen LogP contribution in [0.25, 0.3) is 0 Å². The van der Waals surface area contributed by atoms with Crippen LogP contribution in [0.15, 0.2) is 43.0 Å². The Hall–Kier alpha value is -1.08. The monoisotopic (exact) mass is 188 g/mol. The summed E-state index contributed by atoms with van der Waals surface area (Å²) in [5, 5.41) is 0. The first kappa shape index (κ1) is 9.47. The number of ether oxygens (including phenoxy) is 1. The summed E-state index contributed by atoms with van der Waals surface area (Å²) in [5.74, 6) is 0. The molecule has 2 atom stereocenters. The Balaban J connectivity index is 1.99. The van der Waals surface area contributed by atoms with Crippen LogP contribution in [0.3, 0.4) is 0 Å². The highest BCUT2D eigenvalue weighted by molar-refractivity contribution is 5.18. The summed E-state index contributed by atoms with van der Waals surface area (Å²) in [7, 11) is 0. The molecule has 74 valence electrons. The minimum atomic E-state index is 0.307. The smallest absolute Gasteiger partial charge is 0.0829 e. The van der Waals surface area contributed by atoms with Gasteiger partial charge in [0, 0.05) is 0 Å². The topological polar surface area (TPSA) is 9.23 Å². The normalized spacial score (nSPS) is 26.3. The van der Waals surface area contributed by atoms with Crippen molar-refractivity contribution in [3.63, 3.8) is 0 Å². The number of hydrogen-bond donors (Lipinski definition) is 0. The van der Waals surface area contributed by atoms with Gasteiger partial charge in [-0.15, -0.1) is 6.58 Å². The predicted octanol–water partition coefficient (Wildman–Crippen LogP) is 3.48. The lowest BCUT2D eigenvalue weighted by Gasteiger charge is -2.12. The molecule has 1 aliphatic rings. The first-order chi connectivity index (χ1) is 6.90. The van der Waals surface area contributed by atoms with Crippen molar-refractivity contribution < 1.29 is 4.74 Å². The first-order valence-corrected chi connectivity index (χ1v) is 5.21. The molecule has 0 N–H and O–H groups in total. The Bertz CT molecular complexity index is 291. The second-order valence-corrected chi connectivity index (χ2v) is 3.76. The fourth-order valence-corrected chi connectivity index (χ4v) is 1.98. The zero-order valence-corrected chi connectivity index (χ0v) is 8.36. The SMILES string of the molecule is C=CCC1CC[C@@H](c2ccccc2)O1. The summed E-state index contributed by atoms with van der Waals surface area (Å²) < 4.78 is 5.92. The van der Waals surface area contributed by atoms with E-state index in [1.165, 1.54) is 5.56 Å². The van der Waals surface area contributed by atoms with E-state index in [0.29, 0.717) is 12.2 Å². The number of benzene rings is 1. The van der Waals surface area contributed by atoms with E-state index in [2.05, 4.69) is 30.8 Å². The molecule has 1 aliphatic heterocycles. The second kappa shape index (κ2) is 4.43. The van der Waals surface area contributed by atoms with E-state index in [4.69, 9.17) is 4.74 Å². The van der Waals surface area contributed by atoms with Crippen LogP contribution >= 0.6 is 0 Å². The van der Waals surface area contributed by atoms with Crippen molar-refractivity contribution in [2.24, 2.45) is 0 Å². The Morgan fingerprint density at radius 1 is 1.29 bits per heavy atom. The van der Waals surface area contributed by atoms with Gasteiger partial charge in [-0.25, -0.2) is 0 Å². The third-order valence-electron chi connectivity index (χ3n) is 2.71. The highest BCUT2D eigenvalue weighted by Crippen LogP contribution is 2.33. The van der Waals surface area contributed by atoms with Crippen molar-refractivity contribution in [3.8, 4) is 0 Å². The van der Waals surface area contributed by atoms with Gasteiger partial charge in [0.15, 0.2) is 0 Å². The van der Waals surface area contributed by atoms with E-state index in [0.717, 1.165) is 19.3 Å². The van der Waals surface area contributed by atoms with Crippen molar-refractivity contribution in [1.29, 1.82) is 0 Å². The standard InChI is InChI=1S/C13H16O/c1-2-6-12-9-10-13(14-12)11-7-4-3-5-8-11/h2-5,7-8,12-13H,1,6,9-10H2/t12?,13-/m0/s1. The summed E-state index contributed by atoms with van der Waals surface area (Å²) in [6.45, 7) is 3.74. The fourth-order valence-electron chi connectivity index (χ4n) is 1.98. The van der Waals surface area contributed by atoms with Gasteiger partial charge in [0.25, 0.3) is 0 Å². The van der Waals surface area contributed by atoms with E-state index in [-0.39, 0.29) is 0 Å². The summed E-state index contributed by atoms with van der Waals surface area (Å²) in [6, 6.07) is 10.5. The fraction of sp³-hybridized carbons (Fsp3) is 0.385. The average molecular weight is 188 g/mol. The maximum Gasteiger partial charge on any atom is 0.0829 e. The maximum atomic E-state index is 5.92. The molecular weight excluding hydrogens is 172 g/mol. The van der Waals surface area contributed by atoms with Gasteiger partial charge >= 0.3 is 0 Å². The zero-order chi connectivity index (χ0) is 9.80. The molecule has 1 unspecified atom stereocenters. The largest absolute Gasteiger partial charge is 0.370 e. The molecule has 0 aliphatic carbocycles. The van der Waals surface area contributed by atoms with Gasteiger partial charge in [-0.2, -0.15) is 0 Å². The third kappa shape index (κ3) is 2.05. The van der Waals surface area contributed by atoms with E-state index < -0.39 is 0 Å². The molecule has 1 saturated heterocycles. The van der Waals surface area contributed by atoms with Crippen LogP contribution in [0.5, 0.6) is 0 Å². The Morgan fingerprint density at radius 2 is 2.07 bits per heavy atom. The van der Waals surface area contributed by atoms with Gasteiger partial charge in [0.2, 0.25) is 0 Å². The maximum absolute atomic E-state index is 5.92. The highest BCUT2D eigenvalue weighted by Gasteiger charge is 2.24. The summed E-state index contributed by atoms with van der Waals surface area (Å²) in [6.07, 6.45) is 5.91. The Labute approximate surface area is 85.4 Å². The van der Waals surface area contributed by atoms with E-state index in [1.807, 2.05) is 12.1 Å². The van der Waals surface area contributed by atoms with E-state index >= 15 is 0 Å². The van der Waals surface area contributed by atoms with Gasteiger partial charge in [0.05, 0.1) is 12.2 Å². The van der Waals surface area contributed by atoms with E-state index in [9.17, 15) is 0 Å². The second-order valence-electron chi connectivity index (χ2n) is 3.76. The van der Waals surface area contributed by atoms with Crippen molar-refractivity contribution in [3.05, 3.63) is 48.6 Å². The van der Waals surface area contributed by atoms with Crippen LogP contribution in [0.4, 0.5) is 0 Å². The van der Waals surface area contributed by atoms with Crippen molar-refractivity contribution in [1.82, 2.24) is 0 Å². The van der Waals surface area contributed by atoms with Crippen LogP contribution in [0, 0.1) is 0 Å². The first-order valence-electron chi connectivity index (χ1n) is 5.21. The lowest BCUT2D eigenvalue weighted by atomic mass is 10.1. The summed E-state index contributed by atoms with van der Waals surface area (Å²) in [4.78, 5) is 0.